The van der Waals surface area contributed by atoms with Crippen LogP contribution in [-0.4, -0.2) is 10.9 Å². The Balaban J connectivity index is 1.95. The van der Waals surface area contributed by atoms with Crippen LogP contribution in [0.4, 0.5) is 5.69 Å². The van der Waals surface area contributed by atoms with E-state index in [1.165, 1.54) is 6.42 Å². The summed E-state index contributed by atoms with van der Waals surface area (Å²) in [4.78, 5) is 17.4. The summed E-state index contributed by atoms with van der Waals surface area (Å²) < 4.78 is 0. The maximum atomic E-state index is 12.8. The summed E-state index contributed by atoms with van der Waals surface area (Å²) in [6.45, 7) is 6.13. The number of nitrogens with one attached hydrogen (secondary N) is 1. The zero-order valence-electron chi connectivity index (χ0n) is 13.7. The molecular weight excluding hydrogens is 272 g/mol. The Morgan fingerprint density at radius 2 is 1.82 bits per heavy atom. The van der Waals surface area contributed by atoms with Crippen LogP contribution in [-0.2, 0) is 4.79 Å². The van der Waals surface area contributed by atoms with Gasteiger partial charge in [0.1, 0.15) is 0 Å². The number of hydrogen-bond acceptors (Lipinski definition) is 2. The minimum Gasteiger partial charge on any atom is -0.324 e. The fraction of sp³-hybridized carbons (Fsp3) is 0.474. The fourth-order valence-electron chi connectivity index (χ4n) is 3.54. The number of amides is 1. The lowest BCUT2D eigenvalue weighted by Crippen LogP contribution is -2.35. The summed E-state index contributed by atoms with van der Waals surface area (Å²) in [6, 6.07) is 8.09. The van der Waals surface area contributed by atoms with Gasteiger partial charge in [-0.05, 0) is 38.3 Å². The maximum absolute atomic E-state index is 12.8. The molecule has 2 aromatic rings. The fourth-order valence-corrected chi connectivity index (χ4v) is 3.54. The number of nitrogens with zero attached hydrogens (tertiary/aromatic N) is 1. The molecule has 1 saturated carbocycles. The molecule has 0 unspecified atom stereocenters. The highest BCUT2D eigenvalue weighted by atomic mass is 16.2. The van der Waals surface area contributed by atoms with Gasteiger partial charge in [0, 0.05) is 10.8 Å². The van der Waals surface area contributed by atoms with Crippen LogP contribution < -0.4 is 5.32 Å². The van der Waals surface area contributed by atoms with Crippen molar-refractivity contribution in [3.63, 3.8) is 0 Å². The molecule has 1 aliphatic carbocycles. The van der Waals surface area contributed by atoms with Gasteiger partial charge in [-0.25, -0.2) is 0 Å². The molecular formula is C19H24N2O. The van der Waals surface area contributed by atoms with Gasteiger partial charge in [0.2, 0.25) is 5.91 Å². The molecule has 1 aromatic carbocycles. The van der Waals surface area contributed by atoms with Crippen molar-refractivity contribution in [1.82, 2.24) is 4.98 Å². The number of carbonyl (C=O) groups is 1. The summed E-state index contributed by atoms with van der Waals surface area (Å²) >= 11 is 0. The van der Waals surface area contributed by atoms with Crippen LogP contribution in [0.3, 0.4) is 0 Å². The Morgan fingerprint density at radius 3 is 2.55 bits per heavy atom. The Bertz CT molecular complexity index is 715. The van der Waals surface area contributed by atoms with Crippen LogP contribution in [0.2, 0.25) is 0 Å². The zero-order chi connectivity index (χ0) is 15.7. The van der Waals surface area contributed by atoms with E-state index in [4.69, 9.17) is 0 Å². The van der Waals surface area contributed by atoms with Crippen LogP contribution >= 0.6 is 0 Å². The molecule has 1 amide bonds. The molecule has 1 N–H and O–H groups in total. The van der Waals surface area contributed by atoms with Gasteiger partial charge in [-0.2, -0.15) is 0 Å². The number of aryl methyl sites for hydroxylation is 2. The first-order valence-electron chi connectivity index (χ1n) is 8.19. The van der Waals surface area contributed by atoms with Crippen molar-refractivity contribution in [1.29, 1.82) is 0 Å². The zero-order valence-corrected chi connectivity index (χ0v) is 13.7. The van der Waals surface area contributed by atoms with Gasteiger partial charge < -0.3 is 5.32 Å². The van der Waals surface area contributed by atoms with E-state index in [1.807, 2.05) is 25.1 Å². The first-order valence-corrected chi connectivity index (χ1v) is 8.19. The average Bonchev–Trinajstić information content (AvgIpc) is 2.52. The third kappa shape index (κ3) is 2.60. The van der Waals surface area contributed by atoms with Gasteiger partial charge in [-0.1, -0.05) is 44.4 Å². The lowest BCUT2D eigenvalue weighted by molar-refractivity contribution is -0.126. The van der Waals surface area contributed by atoms with Gasteiger partial charge in [-0.3, -0.25) is 9.78 Å². The van der Waals surface area contributed by atoms with E-state index in [2.05, 4.69) is 30.2 Å². The van der Waals surface area contributed by atoms with Crippen molar-refractivity contribution in [2.75, 3.05) is 5.32 Å². The standard InChI is InChI=1S/C19H24N2O/c1-13-15-9-5-6-10-16(15)20-14(2)17(13)21-18(22)19(3)11-7-4-8-12-19/h5-6,9-10H,4,7-8,11-12H2,1-3H3,(H,21,22). The number of anilines is 1. The molecule has 0 aliphatic heterocycles. The Morgan fingerprint density at radius 1 is 1.14 bits per heavy atom. The van der Waals surface area contributed by atoms with Crippen LogP contribution in [0.5, 0.6) is 0 Å². The van der Waals surface area contributed by atoms with Crippen molar-refractivity contribution in [3.8, 4) is 0 Å². The average molecular weight is 296 g/mol. The molecule has 1 aromatic heterocycles. The second-order valence-corrected chi connectivity index (χ2v) is 6.79. The first kappa shape index (κ1) is 15.0. The summed E-state index contributed by atoms with van der Waals surface area (Å²) in [5.41, 5.74) is 3.64. The maximum Gasteiger partial charge on any atom is 0.230 e. The number of rotatable bonds is 2. The minimum absolute atomic E-state index is 0.149. The van der Waals surface area contributed by atoms with Crippen LogP contribution in [0.15, 0.2) is 24.3 Å². The third-order valence-electron chi connectivity index (χ3n) is 5.08. The van der Waals surface area contributed by atoms with Crippen molar-refractivity contribution < 1.29 is 4.79 Å². The Labute approximate surface area is 132 Å². The number of aromatic nitrogens is 1. The number of carbonyl (C=O) groups excluding carboxylic acids is 1. The van der Waals surface area contributed by atoms with E-state index in [9.17, 15) is 4.79 Å². The Kier molecular flexibility index (Phi) is 3.90. The molecule has 1 fully saturated rings. The molecule has 3 heteroatoms. The number of pyridine rings is 1. The third-order valence-corrected chi connectivity index (χ3v) is 5.08. The summed E-state index contributed by atoms with van der Waals surface area (Å²) in [5, 5.41) is 4.29. The van der Waals surface area contributed by atoms with E-state index >= 15 is 0 Å². The SMILES string of the molecule is Cc1nc2ccccc2c(C)c1NC(=O)C1(C)CCCCC1. The van der Waals surface area contributed by atoms with E-state index in [0.717, 1.165) is 53.5 Å². The van der Waals surface area contributed by atoms with Crippen molar-refractivity contribution in [2.45, 2.75) is 52.9 Å². The second kappa shape index (κ2) is 5.71. The van der Waals surface area contributed by atoms with Gasteiger partial charge in [0.15, 0.2) is 0 Å². The van der Waals surface area contributed by atoms with Crippen molar-refractivity contribution in [2.24, 2.45) is 5.41 Å². The summed E-state index contributed by atoms with van der Waals surface area (Å²) in [6.07, 6.45) is 5.52. The molecule has 0 radical (unpaired) electrons. The van der Waals surface area contributed by atoms with Gasteiger partial charge in [0.05, 0.1) is 16.9 Å². The van der Waals surface area contributed by atoms with Gasteiger partial charge in [-0.15, -0.1) is 0 Å². The van der Waals surface area contributed by atoms with Crippen molar-refractivity contribution >= 4 is 22.5 Å². The highest BCUT2D eigenvalue weighted by Gasteiger charge is 2.35. The lowest BCUT2D eigenvalue weighted by atomic mass is 9.75. The molecule has 1 heterocycles. The van der Waals surface area contributed by atoms with Gasteiger partial charge in [0.25, 0.3) is 0 Å². The number of fused-ring (bicyclic) bond motifs is 1. The Hall–Kier alpha value is -1.90. The minimum atomic E-state index is -0.233. The van der Waals surface area contributed by atoms with Gasteiger partial charge >= 0.3 is 0 Å². The highest BCUT2D eigenvalue weighted by Crippen LogP contribution is 2.37. The van der Waals surface area contributed by atoms with E-state index < -0.39 is 0 Å². The topological polar surface area (TPSA) is 42.0 Å². The molecule has 116 valence electrons. The number of benzene rings is 1. The molecule has 0 atom stereocenters. The molecule has 22 heavy (non-hydrogen) atoms. The molecule has 0 saturated heterocycles. The van der Waals surface area contributed by atoms with Crippen LogP contribution in [0, 0.1) is 19.3 Å². The first-order chi connectivity index (χ1) is 10.5. The molecule has 3 rings (SSSR count). The number of hydrogen-bond donors (Lipinski definition) is 1. The molecule has 0 spiro atoms. The molecule has 1 aliphatic rings. The number of para-hydroxylation sites is 1. The highest BCUT2D eigenvalue weighted by molar-refractivity contribution is 5.99. The smallest absolute Gasteiger partial charge is 0.230 e. The van der Waals surface area contributed by atoms with E-state index in [0.29, 0.717) is 0 Å². The summed E-state index contributed by atoms with van der Waals surface area (Å²) in [7, 11) is 0. The quantitative estimate of drug-likeness (QED) is 0.868. The second-order valence-electron chi connectivity index (χ2n) is 6.79. The molecule has 0 bridgehead atoms. The molecule has 3 nitrogen and oxygen atoms in total. The normalized spacial score (nSPS) is 17.4. The predicted molar refractivity (Wildman–Crippen MR) is 91.0 cm³/mol. The predicted octanol–water partition coefficient (Wildman–Crippen LogP) is 4.76. The van der Waals surface area contributed by atoms with E-state index in [1.54, 1.807) is 0 Å². The largest absolute Gasteiger partial charge is 0.324 e. The van der Waals surface area contributed by atoms with Crippen LogP contribution in [0.25, 0.3) is 10.9 Å². The monoisotopic (exact) mass is 296 g/mol. The van der Waals surface area contributed by atoms with E-state index in [-0.39, 0.29) is 11.3 Å². The van der Waals surface area contributed by atoms with Crippen LogP contribution in [0.1, 0.15) is 50.3 Å². The summed E-state index contributed by atoms with van der Waals surface area (Å²) in [5.74, 6) is 0.149. The van der Waals surface area contributed by atoms with Crippen molar-refractivity contribution in [3.05, 3.63) is 35.5 Å². The lowest BCUT2D eigenvalue weighted by Gasteiger charge is -2.32.